The van der Waals surface area contributed by atoms with E-state index in [1.807, 2.05) is 0 Å². The van der Waals surface area contributed by atoms with Crippen molar-refractivity contribution in [3.8, 4) is 55.9 Å². The predicted octanol–water partition coefficient (Wildman–Crippen LogP) is 14.5. The Morgan fingerprint density at radius 3 is 0.964 bits per heavy atom. The van der Waals surface area contributed by atoms with Gasteiger partial charge in [-0.1, -0.05) is 133 Å². The maximum absolute atomic E-state index is 2.41. The van der Waals surface area contributed by atoms with Crippen molar-refractivity contribution in [3.63, 3.8) is 0 Å². The molecular weight excluding hydrogens is 677 g/mol. The topological polar surface area (TPSA) is 9.86 Å². The first-order valence-corrected chi connectivity index (χ1v) is 19.3. The predicted molar refractivity (Wildman–Crippen MR) is 237 cm³/mol. The molecule has 2 heteroatoms. The Bertz CT molecular complexity index is 3150. The molecule has 0 aliphatic carbocycles. The molecule has 0 spiro atoms. The Kier molecular flexibility index (Phi) is 7.53. The Balaban J connectivity index is 1.12. The lowest BCUT2D eigenvalue weighted by molar-refractivity contribution is 1.18. The normalized spacial score (nSPS) is 11.6. The van der Waals surface area contributed by atoms with Crippen molar-refractivity contribution in [2.24, 2.45) is 0 Å². The number of para-hydroxylation sites is 3. The average Bonchev–Trinajstić information content (AvgIpc) is 3.79. The summed E-state index contributed by atoms with van der Waals surface area (Å²) in [6.07, 6.45) is 0. The molecule has 2 heterocycles. The second kappa shape index (κ2) is 13.2. The van der Waals surface area contributed by atoms with Crippen molar-refractivity contribution < 1.29 is 0 Å². The van der Waals surface area contributed by atoms with E-state index in [1.54, 1.807) is 0 Å². The molecule has 0 saturated heterocycles. The van der Waals surface area contributed by atoms with Gasteiger partial charge >= 0.3 is 0 Å². The van der Waals surface area contributed by atoms with Crippen molar-refractivity contribution in [2.45, 2.75) is 0 Å². The first-order chi connectivity index (χ1) is 27.8. The van der Waals surface area contributed by atoms with Crippen LogP contribution in [0, 0.1) is 0 Å². The number of aromatic nitrogens is 2. The lowest BCUT2D eigenvalue weighted by Crippen LogP contribution is -1.93. The Morgan fingerprint density at radius 1 is 0.196 bits per heavy atom. The lowest BCUT2D eigenvalue weighted by Gasteiger charge is -2.12. The van der Waals surface area contributed by atoms with E-state index in [4.69, 9.17) is 0 Å². The third kappa shape index (κ3) is 5.34. The molecule has 0 aliphatic rings. The maximum Gasteiger partial charge on any atom is 0.0541 e. The van der Waals surface area contributed by atoms with E-state index in [-0.39, 0.29) is 0 Å². The second-order valence-electron chi connectivity index (χ2n) is 14.6. The summed E-state index contributed by atoms with van der Waals surface area (Å²) in [5.74, 6) is 0. The molecule has 0 fully saturated rings. The number of benzene rings is 9. The summed E-state index contributed by atoms with van der Waals surface area (Å²) in [7, 11) is 0. The second-order valence-corrected chi connectivity index (χ2v) is 14.6. The summed E-state index contributed by atoms with van der Waals surface area (Å²) < 4.78 is 4.79. The van der Waals surface area contributed by atoms with Crippen molar-refractivity contribution in [1.82, 2.24) is 9.13 Å². The Hall–Kier alpha value is -7.42. The van der Waals surface area contributed by atoms with Crippen LogP contribution in [0.4, 0.5) is 0 Å². The molecule has 56 heavy (non-hydrogen) atoms. The third-order valence-electron chi connectivity index (χ3n) is 11.3. The third-order valence-corrected chi connectivity index (χ3v) is 11.3. The van der Waals surface area contributed by atoms with Gasteiger partial charge in [-0.05, 0) is 129 Å². The van der Waals surface area contributed by atoms with Crippen LogP contribution in [0.15, 0.2) is 218 Å². The van der Waals surface area contributed by atoms with Crippen LogP contribution in [0.2, 0.25) is 0 Å². The first kappa shape index (κ1) is 32.0. The molecule has 9 aromatic carbocycles. The number of fused-ring (bicyclic) bond motifs is 6. The zero-order chi connectivity index (χ0) is 37.0. The SMILES string of the molecule is c1ccc(-c2cc(-c3ccccc3)cc(-c3ccc4c(c3)c3cc(-c5ccc6c(c5)c5ccccc5n6-c5ccccc5)ccc3n4-c3ccccc3)c2)cc1. The first-order valence-electron chi connectivity index (χ1n) is 19.3. The largest absolute Gasteiger partial charge is 0.309 e. The van der Waals surface area contributed by atoms with Gasteiger partial charge in [0.2, 0.25) is 0 Å². The molecule has 2 nitrogen and oxygen atoms in total. The van der Waals surface area contributed by atoms with Crippen molar-refractivity contribution in [2.75, 3.05) is 0 Å². The summed E-state index contributed by atoms with van der Waals surface area (Å²) in [5, 5.41) is 4.98. The van der Waals surface area contributed by atoms with Crippen LogP contribution in [-0.2, 0) is 0 Å². The average molecular weight is 713 g/mol. The molecule has 2 aromatic heterocycles. The molecule has 0 aliphatic heterocycles. The molecular formula is C54H36N2. The van der Waals surface area contributed by atoms with E-state index in [1.165, 1.54) is 93.8 Å². The van der Waals surface area contributed by atoms with Crippen LogP contribution in [0.1, 0.15) is 0 Å². The van der Waals surface area contributed by atoms with E-state index in [9.17, 15) is 0 Å². The van der Waals surface area contributed by atoms with Crippen LogP contribution in [0.25, 0.3) is 99.5 Å². The molecule has 0 N–H and O–H groups in total. The fraction of sp³-hybridized carbons (Fsp3) is 0. The minimum absolute atomic E-state index is 1.15. The number of nitrogens with zero attached hydrogens (tertiary/aromatic N) is 2. The van der Waals surface area contributed by atoms with Crippen molar-refractivity contribution in [3.05, 3.63) is 218 Å². The van der Waals surface area contributed by atoms with Crippen LogP contribution < -0.4 is 0 Å². The van der Waals surface area contributed by atoms with Gasteiger partial charge in [0, 0.05) is 32.9 Å². The van der Waals surface area contributed by atoms with Gasteiger partial charge in [-0.25, -0.2) is 0 Å². The van der Waals surface area contributed by atoms with Crippen LogP contribution in [0.5, 0.6) is 0 Å². The van der Waals surface area contributed by atoms with Gasteiger partial charge in [0.05, 0.1) is 22.1 Å². The molecule has 0 radical (unpaired) electrons. The van der Waals surface area contributed by atoms with Crippen molar-refractivity contribution >= 4 is 43.6 Å². The summed E-state index contributed by atoms with van der Waals surface area (Å²) >= 11 is 0. The van der Waals surface area contributed by atoms with Crippen LogP contribution in [0.3, 0.4) is 0 Å². The van der Waals surface area contributed by atoms with E-state index >= 15 is 0 Å². The van der Waals surface area contributed by atoms with E-state index in [2.05, 4.69) is 228 Å². The quantitative estimate of drug-likeness (QED) is 0.162. The molecule has 0 bridgehead atoms. The van der Waals surface area contributed by atoms with E-state index < -0.39 is 0 Å². The molecule has 11 aromatic rings. The van der Waals surface area contributed by atoms with Gasteiger partial charge in [-0.3, -0.25) is 0 Å². The summed E-state index contributed by atoms with van der Waals surface area (Å²) in [6.45, 7) is 0. The fourth-order valence-electron chi connectivity index (χ4n) is 8.63. The van der Waals surface area contributed by atoms with Gasteiger partial charge in [0.15, 0.2) is 0 Å². The fourth-order valence-corrected chi connectivity index (χ4v) is 8.63. The monoisotopic (exact) mass is 712 g/mol. The molecule has 11 rings (SSSR count). The molecule has 262 valence electrons. The number of hydrogen-bond donors (Lipinski definition) is 0. The maximum atomic E-state index is 2.41. The van der Waals surface area contributed by atoms with Gasteiger partial charge in [-0.15, -0.1) is 0 Å². The molecule has 0 saturated carbocycles. The zero-order valence-corrected chi connectivity index (χ0v) is 30.7. The molecule has 0 amide bonds. The summed E-state index contributed by atoms with van der Waals surface area (Å²) in [6, 6.07) is 79.5. The zero-order valence-electron chi connectivity index (χ0n) is 30.7. The minimum Gasteiger partial charge on any atom is -0.309 e. The highest BCUT2D eigenvalue weighted by molar-refractivity contribution is 6.13. The van der Waals surface area contributed by atoms with Gasteiger partial charge in [0.1, 0.15) is 0 Å². The summed E-state index contributed by atoms with van der Waals surface area (Å²) in [5.41, 5.74) is 16.8. The Labute approximate surface area is 325 Å². The summed E-state index contributed by atoms with van der Waals surface area (Å²) in [4.78, 5) is 0. The van der Waals surface area contributed by atoms with Gasteiger partial charge in [0.25, 0.3) is 0 Å². The number of rotatable bonds is 6. The highest BCUT2D eigenvalue weighted by Gasteiger charge is 2.17. The van der Waals surface area contributed by atoms with Gasteiger partial charge in [-0.2, -0.15) is 0 Å². The van der Waals surface area contributed by atoms with Crippen LogP contribution in [-0.4, -0.2) is 9.13 Å². The number of hydrogen-bond acceptors (Lipinski definition) is 0. The van der Waals surface area contributed by atoms with E-state index in [0.29, 0.717) is 0 Å². The lowest BCUT2D eigenvalue weighted by atomic mass is 9.93. The van der Waals surface area contributed by atoms with Crippen molar-refractivity contribution in [1.29, 1.82) is 0 Å². The van der Waals surface area contributed by atoms with Crippen LogP contribution >= 0.6 is 0 Å². The highest BCUT2D eigenvalue weighted by atomic mass is 15.0. The minimum atomic E-state index is 1.15. The van der Waals surface area contributed by atoms with E-state index in [0.717, 1.165) is 5.69 Å². The van der Waals surface area contributed by atoms with Gasteiger partial charge < -0.3 is 9.13 Å². The molecule has 0 atom stereocenters. The smallest absolute Gasteiger partial charge is 0.0541 e. The standard InChI is InChI=1S/C54H36N2/c1-5-15-37(16-6-1)42-31-43(38-17-7-2-8-18-38)33-44(32-42)41-27-30-54-50(36-41)49-35-40(26-29-53(49)56(54)46-21-11-4-12-22-46)39-25-28-52-48(34-39)47-23-13-14-24-51(47)55(52)45-19-9-3-10-20-45/h1-36H. The highest BCUT2D eigenvalue weighted by Crippen LogP contribution is 2.40. The molecule has 0 unspecified atom stereocenters. The Morgan fingerprint density at radius 2 is 0.518 bits per heavy atom.